The highest BCUT2D eigenvalue weighted by Crippen LogP contribution is 2.33. The van der Waals surface area contributed by atoms with Crippen LogP contribution in [0.15, 0.2) is 42.5 Å². The summed E-state index contributed by atoms with van der Waals surface area (Å²) in [5, 5.41) is 3.56. The number of rotatable bonds is 1. The molecule has 0 bridgehead atoms. The van der Waals surface area contributed by atoms with E-state index in [9.17, 15) is 4.39 Å². The number of para-hydroxylation sites is 1. The standard InChI is InChI=1S/C18H19FN2/c19-15-7-5-14-9-10-21(18(14)11-15)16-8-6-13-3-1-2-4-17(13)20-12-16/h1-5,7,11,16,20H,6,8-10,12H2. The van der Waals surface area contributed by atoms with Gasteiger partial charge in [0.15, 0.2) is 0 Å². The van der Waals surface area contributed by atoms with Gasteiger partial charge in [0, 0.05) is 30.5 Å². The maximum Gasteiger partial charge on any atom is 0.125 e. The van der Waals surface area contributed by atoms with E-state index in [0.717, 1.165) is 38.0 Å². The summed E-state index contributed by atoms with van der Waals surface area (Å²) in [5.74, 6) is -0.134. The first-order valence-corrected chi connectivity index (χ1v) is 7.68. The Morgan fingerprint density at radius 3 is 2.90 bits per heavy atom. The number of hydrogen-bond acceptors (Lipinski definition) is 2. The van der Waals surface area contributed by atoms with E-state index < -0.39 is 0 Å². The number of nitrogens with one attached hydrogen (secondary N) is 1. The molecule has 1 atom stereocenters. The molecule has 2 aliphatic rings. The van der Waals surface area contributed by atoms with Crippen LogP contribution in [-0.2, 0) is 12.8 Å². The van der Waals surface area contributed by atoms with Crippen LogP contribution in [0.5, 0.6) is 0 Å². The summed E-state index contributed by atoms with van der Waals surface area (Å²) in [5.41, 5.74) is 5.00. The largest absolute Gasteiger partial charge is 0.383 e. The summed E-state index contributed by atoms with van der Waals surface area (Å²) < 4.78 is 13.6. The second-order valence-electron chi connectivity index (χ2n) is 5.95. The van der Waals surface area contributed by atoms with Gasteiger partial charge in [-0.05, 0) is 48.6 Å². The summed E-state index contributed by atoms with van der Waals surface area (Å²) in [6.45, 7) is 1.93. The molecule has 0 radical (unpaired) electrons. The van der Waals surface area contributed by atoms with Gasteiger partial charge in [0.25, 0.3) is 0 Å². The minimum absolute atomic E-state index is 0.134. The topological polar surface area (TPSA) is 15.3 Å². The van der Waals surface area contributed by atoms with Gasteiger partial charge in [-0.1, -0.05) is 24.3 Å². The number of halogens is 1. The smallest absolute Gasteiger partial charge is 0.125 e. The van der Waals surface area contributed by atoms with Crippen molar-refractivity contribution in [1.29, 1.82) is 0 Å². The van der Waals surface area contributed by atoms with Gasteiger partial charge < -0.3 is 10.2 Å². The van der Waals surface area contributed by atoms with Crippen LogP contribution in [0.2, 0.25) is 0 Å². The van der Waals surface area contributed by atoms with Crippen LogP contribution in [0.3, 0.4) is 0 Å². The highest BCUT2D eigenvalue weighted by molar-refractivity contribution is 5.60. The molecule has 2 aliphatic heterocycles. The van der Waals surface area contributed by atoms with Crippen molar-refractivity contribution in [3.05, 3.63) is 59.4 Å². The molecule has 0 aliphatic carbocycles. The minimum Gasteiger partial charge on any atom is -0.383 e. The first kappa shape index (κ1) is 12.7. The zero-order chi connectivity index (χ0) is 14.2. The third kappa shape index (κ3) is 2.27. The molecule has 1 N–H and O–H groups in total. The molecule has 108 valence electrons. The van der Waals surface area contributed by atoms with Crippen molar-refractivity contribution < 1.29 is 4.39 Å². The van der Waals surface area contributed by atoms with Crippen molar-refractivity contribution in [2.45, 2.75) is 25.3 Å². The van der Waals surface area contributed by atoms with Crippen LogP contribution in [0.4, 0.5) is 15.8 Å². The molecule has 0 fully saturated rings. The third-order valence-electron chi connectivity index (χ3n) is 4.71. The monoisotopic (exact) mass is 282 g/mol. The molecule has 4 rings (SSSR count). The summed E-state index contributed by atoms with van der Waals surface area (Å²) in [7, 11) is 0. The first-order valence-electron chi connectivity index (χ1n) is 7.68. The van der Waals surface area contributed by atoms with Crippen molar-refractivity contribution in [3.8, 4) is 0 Å². The zero-order valence-corrected chi connectivity index (χ0v) is 12.0. The highest BCUT2D eigenvalue weighted by atomic mass is 19.1. The molecule has 2 nitrogen and oxygen atoms in total. The SMILES string of the molecule is Fc1ccc2c(c1)N(C1CCc3ccccc3NC1)CC2. The average molecular weight is 282 g/mol. The van der Waals surface area contributed by atoms with Crippen molar-refractivity contribution >= 4 is 11.4 Å². The van der Waals surface area contributed by atoms with Gasteiger partial charge in [0.2, 0.25) is 0 Å². The molecule has 0 saturated carbocycles. The van der Waals surface area contributed by atoms with Crippen molar-refractivity contribution in [2.24, 2.45) is 0 Å². The molecular weight excluding hydrogens is 263 g/mol. The summed E-state index contributed by atoms with van der Waals surface area (Å²) >= 11 is 0. The molecule has 0 aromatic heterocycles. The minimum atomic E-state index is -0.134. The average Bonchev–Trinajstić information content (AvgIpc) is 2.79. The van der Waals surface area contributed by atoms with E-state index in [-0.39, 0.29) is 5.82 Å². The zero-order valence-electron chi connectivity index (χ0n) is 12.0. The van der Waals surface area contributed by atoms with Crippen LogP contribution in [-0.4, -0.2) is 19.1 Å². The van der Waals surface area contributed by atoms with Gasteiger partial charge in [0.1, 0.15) is 5.82 Å². The second kappa shape index (κ2) is 5.06. The molecule has 2 aromatic rings. The van der Waals surface area contributed by atoms with E-state index in [4.69, 9.17) is 0 Å². The fourth-order valence-electron chi connectivity index (χ4n) is 3.59. The predicted octanol–water partition coefficient (Wildman–Crippen LogP) is 3.62. The van der Waals surface area contributed by atoms with Crippen LogP contribution < -0.4 is 10.2 Å². The van der Waals surface area contributed by atoms with E-state index in [1.54, 1.807) is 12.1 Å². The lowest BCUT2D eigenvalue weighted by Gasteiger charge is -2.29. The van der Waals surface area contributed by atoms with Crippen LogP contribution in [0.25, 0.3) is 0 Å². The lowest BCUT2D eigenvalue weighted by Crippen LogP contribution is -2.38. The Bertz CT molecular complexity index is 641. The van der Waals surface area contributed by atoms with Crippen molar-refractivity contribution in [1.82, 2.24) is 0 Å². The van der Waals surface area contributed by atoms with Crippen LogP contribution in [0.1, 0.15) is 17.5 Å². The predicted molar refractivity (Wildman–Crippen MR) is 84.5 cm³/mol. The Balaban J connectivity index is 1.59. The summed E-state index contributed by atoms with van der Waals surface area (Å²) in [6.07, 6.45) is 3.22. The fraction of sp³-hybridized carbons (Fsp3) is 0.333. The summed E-state index contributed by atoms with van der Waals surface area (Å²) in [6, 6.07) is 14.2. The second-order valence-corrected chi connectivity index (χ2v) is 5.95. The number of aryl methyl sites for hydroxylation is 1. The molecule has 3 heteroatoms. The van der Waals surface area contributed by atoms with E-state index in [1.165, 1.54) is 16.8 Å². The maximum absolute atomic E-state index is 13.6. The Morgan fingerprint density at radius 2 is 1.95 bits per heavy atom. The molecule has 2 aromatic carbocycles. The van der Waals surface area contributed by atoms with Gasteiger partial charge in [-0.15, -0.1) is 0 Å². The Kier molecular flexibility index (Phi) is 3.06. The van der Waals surface area contributed by atoms with Crippen molar-refractivity contribution in [3.63, 3.8) is 0 Å². The van der Waals surface area contributed by atoms with Gasteiger partial charge >= 0.3 is 0 Å². The van der Waals surface area contributed by atoms with E-state index >= 15 is 0 Å². The number of fused-ring (bicyclic) bond motifs is 2. The van der Waals surface area contributed by atoms with Gasteiger partial charge in [-0.3, -0.25) is 0 Å². The van der Waals surface area contributed by atoms with Crippen LogP contribution in [0, 0.1) is 5.82 Å². The maximum atomic E-state index is 13.6. The molecule has 21 heavy (non-hydrogen) atoms. The first-order chi connectivity index (χ1) is 10.3. The lowest BCUT2D eigenvalue weighted by molar-refractivity contribution is 0.588. The van der Waals surface area contributed by atoms with Gasteiger partial charge in [0.05, 0.1) is 0 Å². The number of benzene rings is 2. The normalized spacial score (nSPS) is 20.4. The molecule has 0 amide bonds. The Labute approximate surface area is 124 Å². The van der Waals surface area contributed by atoms with Gasteiger partial charge in [-0.2, -0.15) is 0 Å². The quantitative estimate of drug-likeness (QED) is 0.859. The Morgan fingerprint density at radius 1 is 1.05 bits per heavy atom. The van der Waals surface area contributed by atoms with Gasteiger partial charge in [-0.25, -0.2) is 4.39 Å². The molecule has 1 unspecified atom stereocenters. The third-order valence-corrected chi connectivity index (χ3v) is 4.71. The summed E-state index contributed by atoms with van der Waals surface area (Å²) in [4.78, 5) is 2.39. The lowest BCUT2D eigenvalue weighted by atomic mass is 10.1. The number of anilines is 2. The van der Waals surface area contributed by atoms with E-state index in [0.29, 0.717) is 6.04 Å². The van der Waals surface area contributed by atoms with E-state index in [1.807, 2.05) is 6.07 Å². The number of hydrogen-bond donors (Lipinski definition) is 1. The molecule has 2 heterocycles. The highest BCUT2D eigenvalue weighted by Gasteiger charge is 2.27. The Hall–Kier alpha value is -2.03. The molecule has 0 spiro atoms. The molecule has 0 saturated heterocycles. The van der Waals surface area contributed by atoms with Crippen molar-refractivity contribution in [2.75, 3.05) is 23.3 Å². The molecular formula is C18H19FN2. The van der Waals surface area contributed by atoms with Crippen LogP contribution >= 0.6 is 0 Å². The number of nitrogens with zero attached hydrogens (tertiary/aromatic N) is 1. The van der Waals surface area contributed by atoms with E-state index in [2.05, 4.69) is 34.5 Å². The fourth-order valence-corrected chi connectivity index (χ4v) is 3.59.